The summed E-state index contributed by atoms with van der Waals surface area (Å²) in [6.07, 6.45) is 2.69. The number of benzene rings is 1. The lowest BCUT2D eigenvalue weighted by molar-refractivity contribution is 0.163. The molecule has 3 heteroatoms. The van der Waals surface area contributed by atoms with Crippen molar-refractivity contribution in [2.24, 2.45) is 5.92 Å². The maximum atomic E-state index is 3.48. The van der Waals surface area contributed by atoms with E-state index >= 15 is 0 Å². The number of hydrogen-bond acceptors (Lipinski definition) is 3. The number of rotatable bonds is 5. The third-order valence-corrected chi connectivity index (χ3v) is 6.19. The Bertz CT molecular complexity index is 454. The van der Waals surface area contributed by atoms with Gasteiger partial charge in [-0.2, -0.15) is 0 Å². The van der Waals surface area contributed by atoms with E-state index in [4.69, 9.17) is 0 Å². The SMILES string of the molecule is CC(C)N(CC1CCNCC1)CC1CSc2ccccc21. The maximum absolute atomic E-state index is 3.48. The van der Waals surface area contributed by atoms with Gasteiger partial charge < -0.3 is 10.2 Å². The highest BCUT2D eigenvalue weighted by atomic mass is 32.2. The van der Waals surface area contributed by atoms with Crippen LogP contribution in [0.3, 0.4) is 0 Å². The van der Waals surface area contributed by atoms with Crippen molar-refractivity contribution in [3.63, 3.8) is 0 Å². The first-order chi connectivity index (χ1) is 10.2. The molecule has 0 bridgehead atoms. The van der Waals surface area contributed by atoms with Crippen molar-refractivity contribution < 1.29 is 0 Å². The number of nitrogens with zero attached hydrogens (tertiary/aromatic N) is 1. The summed E-state index contributed by atoms with van der Waals surface area (Å²) in [7, 11) is 0. The Hall–Kier alpha value is -0.510. The normalized spacial score (nSPS) is 23.0. The number of nitrogens with one attached hydrogen (secondary N) is 1. The van der Waals surface area contributed by atoms with E-state index < -0.39 is 0 Å². The van der Waals surface area contributed by atoms with Crippen LogP contribution < -0.4 is 5.32 Å². The molecule has 116 valence electrons. The topological polar surface area (TPSA) is 15.3 Å². The minimum atomic E-state index is 0.651. The second kappa shape index (κ2) is 7.17. The molecule has 1 aromatic rings. The highest BCUT2D eigenvalue weighted by Gasteiger charge is 2.27. The molecule has 3 rings (SSSR count). The summed E-state index contributed by atoms with van der Waals surface area (Å²) in [5, 5.41) is 3.48. The summed E-state index contributed by atoms with van der Waals surface area (Å²) >= 11 is 2.04. The smallest absolute Gasteiger partial charge is 0.0108 e. The lowest BCUT2D eigenvalue weighted by Crippen LogP contribution is -2.41. The van der Waals surface area contributed by atoms with Crippen LogP contribution in [0, 0.1) is 5.92 Å². The predicted molar refractivity (Wildman–Crippen MR) is 92.2 cm³/mol. The molecule has 2 heterocycles. The quantitative estimate of drug-likeness (QED) is 0.895. The molecule has 0 amide bonds. The van der Waals surface area contributed by atoms with Crippen LogP contribution in [0.2, 0.25) is 0 Å². The van der Waals surface area contributed by atoms with Gasteiger partial charge in [-0.15, -0.1) is 11.8 Å². The molecule has 2 aliphatic heterocycles. The van der Waals surface area contributed by atoms with Crippen molar-refractivity contribution in [1.82, 2.24) is 10.2 Å². The summed E-state index contributed by atoms with van der Waals surface area (Å²) < 4.78 is 0. The molecule has 21 heavy (non-hydrogen) atoms. The summed E-state index contributed by atoms with van der Waals surface area (Å²) in [5.74, 6) is 2.86. The minimum Gasteiger partial charge on any atom is -0.317 e. The molecule has 0 aliphatic carbocycles. The first kappa shape index (κ1) is 15.4. The van der Waals surface area contributed by atoms with Crippen LogP contribution in [0.4, 0.5) is 0 Å². The van der Waals surface area contributed by atoms with E-state index in [0.717, 1.165) is 11.8 Å². The zero-order valence-electron chi connectivity index (χ0n) is 13.3. The Labute approximate surface area is 133 Å². The van der Waals surface area contributed by atoms with Crippen molar-refractivity contribution in [3.8, 4) is 0 Å². The molecule has 1 atom stereocenters. The summed E-state index contributed by atoms with van der Waals surface area (Å²) in [5.41, 5.74) is 1.58. The zero-order chi connectivity index (χ0) is 14.7. The monoisotopic (exact) mass is 304 g/mol. The largest absolute Gasteiger partial charge is 0.317 e. The number of fused-ring (bicyclic) bond motifs is 1. The fraction of sp³-hybridized carbons (Fsp3) is 0.667. The second-order valence-corrected chi connectivity index (χ2v) is 7.85. The van der Waals surface area contributed by atoms with Crippen molar-refractivity contribution in [3.05, 3.63) is 29.8 Å². The van der Waals surface area contributed by atoms with Gasteiger partial charge >= 0.3 is 0 Å². The Morgan fingerprint density at radius 2 is 1.95 bits per heavy atom. The van der Waals surface area contributed by atoms with Crippen LogP contribution in [0.15, 0.2) is 29.2 Å². The number of hydrogen-bond donors (Lipinski definition) is 1. The molecule has 2 aliphatic rings. The highest BCUT2D eigenvalue weighted by molar-refractivity contribution is 7.99. The van der Waals surface area contributed by atoms with E-state index in [1.54, 1.807) is 5.56 Å². The van der Waals surface area contributed by atoms with Gasteiger partial charge in [0.25, 0.3) is 0 Å². The van der Waals surface area contributed by atoms with Crippen LogP contribution in [-0.2, 0) is 0 Å². The van der Waals surface area contributed by atoms with Crippen molar-refractivity contribution >= 4 is 11.8 Å². The van der Waals surface area contributed by atoms with Gasteiger partial charge in [-0.1, -0.05) is 18.2 Å². The molecule has 2 nitrogen and oxygen atoms in total. The van der Waals surface area contributed by atoms with Crippen molar-refractivity contribution in [2.45, 2.75) is 43.5 Å². The van der Waals surface area contributed by atoms with Gasteiger partial charge in [-0.05, 0) is 57.3 Å². The van der Waals surface area contributed by atoms with Gasteiger partial charge in [0.1, 0.15) is 0 Å². The standard InChI is InChI=1S/C18H28N2S/c1-14(2)20(11-15-7-9-19-10-8-15)12-16-13-21-18-6-4-3-5-17(16)18/h3-6,14-16,19H,7-13H2,1-2H3. The average molecular weight is 305 g/mol. The van der Waals surface area contributed by atoms with Gasteiger partial charge in [0.15, 0.2) is 0 Å². The summed E-state index contributed by atoms with van der Waals surface area (Å²) in [4.78, 5) is 4.23. The second-order valence-electron chi connectivity index (χ2n) is 6.79. The highest BCUT2D eigenvalue weighted by Crippen LogP contribution is 2.39. The fourth-order valence-electron chi connectivity index (χ4n) is 3.56. The molecule has 0 aromatic heterocycles. The zero-order valence-corrected chi connectivity index (χ0v) is 14.2. The Kier molecular flexibility index (Phi) is 5.25. The molecule has 1 unspecified atom stereocenters. The maximum Gasteiger partial charge on any atom is 0.0108 e. The fourth-order valence-corrected chi connectivity index (χ4v) is 4.80. The molecule has 1 N–H and O–H groups in total. The lowest BCUT2D eigenvalue weighted by atomic mass is 9.95. The Balaban J connectivity index is 1.63. The third kappa shape index (κ3) is 3.82. The van der Waals surface area contributed by atoms with E-state index in [1.165, 1.54) is 49.7 Å². The molecule has 0 radical (unpaired) electrons. The summed E-state index contributed by atoms with van der Waals surface area (Å²) in [6, 6.07) is 9.64. The molecule has 1 aromatic carbocycles. The van der Waals surface area contributed by atoms with Crippen LogP contribution >= 0.6 is 11.8 Å². The first-order valence-electron chi connectivity index (χ1n) is 8.40. The molecule has 1 saturated heterocycles. The molecule has 0 saturated carbocycles. The van der Waals surface area contributed by atoms with E-state index in [0.29, 0.717) is 6.04 Å². The Morgan fingerprint density at radius 3 is 2.71 bits per heavy atom. The average Bonchev–Trinajstić information content (AvgIpc) is 2.91. The van der Waals surface area contributed by atoms with Crippen LogP contribution in [0.25, 0.3) is 0 Å². The molecule has 1 fully saturated rings. The van der Waals surface area contributed by atoms with Crippen LogP contribution in [0.1, 0.15) is 38.2 Å². The van der Waals surface area contributed by atoms with E-state index in [-0.39, 0.29) is 0 Å². The molecular formula is C18H28N2S. The van der Waals surface area contributed by atoms with Crippen molar-refractivity contribution in [2.75, 3.05) is 31.9 Å². The van der Waals surface area contributed by atoms with E-state index in [1.807, 2.05) is 11.8 Å². The lowest BCUT2D eigenvalue weighted by Gasteiger charge is -2.34. The van der Waals surface area contributed by atoms with E-state index in [9.17, 15) is 0 Å². The van der Waals surface area contributed by atoms with Gasteiger partial charge in [0.05, 0.1) is 0 Å². The third-order valence-electron chi connectivity index (χ3n) is 4.94. The molecular weight excluding hydrogens is 276 g/mol. The van der Waals surface area contributed by atoms with Crippen LogP contribution in [-0.4, -0.2) is 42.9 Å². The number of thioether (sulfide) groups is 1. The summed E-state index contributed by atoms with van der Waals surface area (Å²) in [6.45, 7) is 9.63. The predicted octanol–water partition coefficient (Wildman–Crippen LogP) is 3.59. The molecule has 0 spiro atoms. The van der Waals surface area contributed by atoms with Gasteiger partial charge in [-0.3, -0.25) is 0 Å². The van der Waals surface area contributed by atoms with Crippen molar-refractivity contribution in [1.29, 1.82) is 0 Å². The van der Waals surface area contributed by atoms with Gasteiger partial charge in [0.2, 0.25) is 0 Å². The minimum absolute atomic E-state index is 0.651. The van der Waals surface area contributed by atoms with E-state index in [2.05, 4.69) is 48.3 Å². The van der Waals surface area contributed by atoms with Gasteiger partial charge in [-0.25, -0.2) is 0 Å². The Morgan fingerprint density at radius 1 is 1.19 bits per heavy atom. The van der Waals surface area contributed by atoms with Gasteiger partial charge in [0, 0.05) is 35.7 Å². The number of piperidine rings is 1. The van der Waals surface area contributed by atoms with Crippen LogP contribution in [0.5, 0.6) is 0 Å². The first-order valence-corrected chi connectivity index (χ1v) is 9.39.